The van der Waals surface area contributed by atoms with Crippen LogP contribution in [0.1, 0.15) is 46.0 Å². The lowest BCUT2D eigenvalue weighted by molar-refractivity contribution is -0.0743. The van der Waals surface area contributed by atoms with Gasteiger partial charge < -0.3 is 4.74 Å². The van der Waals surface area contributed by atoms with Crippen molar-refractivity contribution in [2.45, 2.75) is 57.6 Å². The number of ether oxygens (including phenoxy) is 1. The van der Waals surface area contributed by atoms with E-state index in [1.807, 2.05) is 0 Å². The molecular formula is C14H24N2O. The first-order valence-corrected chi connectivity index (χ1v) is 6.96. The minimum atomic E-state index is -0.242. The van der Waals surface area contributed by atoms with Crippen molar-refractivity contribution in [3.63, 3.8) is 0 Å². The van der Waals surface area contributed by atoms with Gasteiger partial charge in [0.1, 0.15) is 5.54 Å². The maximum atomic E-state index is 9.65. The van der Waals surface area contributed by atoms with Gasteiger partial charge in [0, 0.05) is 19.4 Å². The van der Waals surface area contributed by atoms with Gasteiger partial charge in [-0.05, 0) is 31.8 Å². The van der Waals surface area contributed by atoms with Crippen LogP contribution in [0.4, 0.5) is 0 Å². The molecule has 2 saturated heterocycles. The van der Waals surface area contributed by atoms with Gasteiger partial charge in [-0.2, -0.15) is 5.26 Å². The highest BCUT2D eigenvalue weighted by molar-refractivity contribution is 5.11. The Morgan fingerprint density at radius 3 is 2.59 bits per heavy atom. The molecule has 2 heterocycles. The average molecular weight is 236 g/mol. The largest absolute Gasteiger partial charge is 0.378 e. The molecule has 3 heteroatoms. The Kier molecular flexibility index (Phi) is 4.06. The molecular weight excluding hydrogens is 212 g/mol. The summed E-state index contributed by atoms with van der Waals surface area (Å²) in [5.74, 6) is 0.507. The van der Waals surface area contributed by atoms with Gasteiger partial charge in [-0.15, -0.1) is 0 Å². The molecule has 3 nitrogen and oxygen atoms in total. The van der Waals surface area contributed by atoms with Crippen molar-refractivity contribution in [2.75, 3.05) is 19.7 Å². The third kappa shape index (κ3) is 2.64. The van der Waals surface area contributed by atoms with E-state index in [-0.39, 0.29) is 11.6 Å². The van der Waals surface area contributed by atoms with E-state index in [0.29, 0.717) is 5.92 Å². The number of piperidine rings is 1. The normalized spacial score (nSPS) is 35.8. The minimum Gasteiger partial charge on any atom is -0.378 e. The summed E-state index contributed by atoms with van der Waals surface area (Å²) < 4.78 is 5.81. The number of hydrogen-bond acceptors (Lipinski definition) is 3. The van der Waals surface area contributed by atoms with Crippen LogP contribution in [0.3, 0.4) is 0 Å². The van der Waals surface area contributed by atoms with Crippen molar-refractivity contribution in [1.82, 2.24) is 4.90 Å². The van der Waals surface area contributed by atoms with E-state index in [4.69, 9.17) is 4.74 Å². The fourth-order valence-corrected chi connectivity index (χ4v) is 3.08. The third-order valence-electron chi connectivity index (χ3n) is 4.30. The lowest BCUT2D eigenvalue weighted by atomic mass is 9.82. The molecule has 0 aromatic carbocycles. The Hall–Kier alpha value is -0.590. The van der Waals surface area contributed by atoms with Gasteiger partial charge in [-0.1, -0.05) is 20.3 Å². The third-order valence-corrected chi connectivity index (χ3v) is 4.30. The zero-order valence-electron chi connectivity index (χ0n) is 11.1. The Labute approximate surface area is 105 Å². The number of likely N-dealkylation sites (tertiary alicyclic amines) is 1. The van der Waals surface area contributed by atoms with Crippen molar-refractivity contribution < 1.29 is 4.74 Å². The quantitative estimate of drug-likeness (QED) is 0.739. The molecule has 2 aliphatic heterocycles. The second kappa shape index (κ2) is 5.37. The van der Waals surface area contributed by atoms with Crippen LogP contribution in [0.25, 0.3) is 0 Å². The topological polar surface area (TPSA) is 36.3 Å². The van der Waals surface area contributed by atoms with Gasteiger partial charge in [-0.3, -0.25) is 4.90 Å². The first-order valence-electron chi connectivity index (χ1n) is 6.96. The van der Waals surface area contributed by atoms with Crippen molar-refractivity contribution in [3.05, 3.63) is 0 Å². The van der Waals surface area contributed by atoms with E-state index in [1.54, 1.807) is 0 Å². The number of hydrogen-bond donors (Lipinski definition) is 0. The molecule has 0 aliphatic carbocycles. The monoisotopic (exact) mass is 236 g/mol. The van der Waals surface area contributed by atoms with E-state index in [0.717, 1.165) is 32.5 Å². The summed E-state index contributed by atoms with van der Waals surface area (Å²) in [6.07, 6.45) is 5.84. The maximum Gasteiger partial charge on any atom is 0.113 e. The molecule has 2 fully saturated rings. The second-order valence-corrected chi connectivity index (χ2v) is 5.80. The van der Waals surface area contributed by atoms with Gasteiger partial charge in [0.25, 0.3) is 0 Å². The lowest BCUT2D eigenvalue weighted by Crippen LogP contribution is -2.55. The minimum absolute atomic E-state index is 0.242. The predicted molar refractivity (Wildman–Crippen MR) is 67.6 cm³/mol. The SMILES string of the molecule is CC(C)C1CC(C#N)(N2CCCCC2)CCO1. The summed E-state index contributed by atoms with van der Waals surface area (Å²) in [6.45, 7) is 7.31. The maximum absolute atomic E-state index is 9.65. The van der Waals surface area contributed by atoms with Crippen molar-refractivity contribution in [3.8, 4) is 6.07 Å². The first kappa shape index (κ1) is 12.9. The van der Waals surface area contributed by atoms with Crippen molar-refractivity contribution in [2.24, 2.45) is 5.92 Å². The van der Waals surface area contributed by atoms with Crippen molar-refractivity contribution in [1.29, 1.82) is 5.26 Å². The molecule has 0 bridgehead atoms. The summed E-state index contributed by atoms with van der Waals surface area (Å²) in [4.78, 5) is 2.42. The van der Waals surface area contributed by atoms with Crippen LogP contribution in [-0.4, -0.2) is 36.2 Å². The molecule has 0 amide bonds. The molecule has 0 saturated carbocycles. The zero-order valence-corrected chi connectivity index (χ0v) is 11.1. The summed E-state index contributed by atoms with van der Waals surface area (Å²) in [7, 11) is 0. The molecule has 2 unspecified atom stereocenters. The molecule has 2 rings (SSSR count). The smallest absolute Gasteiger partial charge is 0.113 e. The molecule has 0 aromatic rings. The van der Waals surface area contributed by atoms with Crippen molar-refractivity contribution >= 4 is 0 Å². The Morgan fingerprint density at radius 1 is 1.29 bits per heavy atom. The lowest BCUT2D eigenvalue weighted by Gasteiger charge is -2.46. The van der Waals surface area contributed by atoms with Gasteiger partial charge in [-0.25, -0.2) is 0 Å². The van der Waals surface area contributed by atoms with Crippen LogP contribution in [0, 0.1) is 17.2 Å². The van der Waals surface area contributed by atoms with Gasteiger partial charge in [0.2, 0.25) is 0 Å². The molecule has 0 spiro atoms. The summed E-state index contributed by atoms with van der Waals surface area (Å²) >= 11 is 0. The average Bonchev–Trinajstić information content (AvgIpc) is 2.39. The van der Waals surface area contributed by atoms with Gasteiger partial charge in [0.05, 0.1) is 12.2 Å². The Morgan fingerprint density at radius 2 is 2.00 bits per heavy atom. The van der Waals surface area contributed by atoms with Crippen LogP contribution >= 0.6 is 0 Å². The standard InChI is InChI=1S/C14H24N2O/c1-12(2)13-10-14(11-15,6-9-17-13)16-7-4-3-5-8-16/h12-13H,3-10H2,1-2H3. The Balaban J connectivity index is 2.10. The highest BCUT2D eigenvalue weighted by atomic mass is 16.5. The molecule has 96 valence electrons. The zero-order chi connectivity index (χ0) is 12.3. The van der Waals surface area contributed by atoms with Crippen LogP contribution in [0.5, 0.6) is 0 Å². The van der Waals surface area contributed by atoms with E-state index in [2.05, 4.69) is 24.8 Å². The number of rotatable bonds is 2. The predicted octanol–water partition coefficient (Wildman–Crippen LogP) is 2.57. The molecule has 17 heavy (non-hydrogen) atoms. The number of nitrogens with zero attached hydrogens (tertiary/aromatic N) is 2. The van der Waals surface area contributed by atoms with Crippen LogP contribution < -0.4 is 0 Å². The molecule has 0 N–H and O–H groups in total. The molecule has 0 radical (unpaired) electrons. The van der Waals surface area contributed by atoms with Crippen LogP contribution in [-0.2, 0) is 4.74 Å². The summed E-state index contributed by atoms with van der Waals surface area (Å²) in [6, 6.07) is 2.62. The summed E-state index contributed by atoms with van der Waals surface area (Å²) in [5, 5.41) is 9.65. The highest BCUT2D eigenvalue weighted by Crippen LogP contribution is 2.34. The van der Waals surface area contributed by atoms with Gasteiger partial charge in [0.15, 0.2) is 0 Å². The van der Waals surface area contributed by atoms with E-state index < -0.39 is 0 Å². The molecule has 2 atom stereocenters. The molecule has 2 aliphatic rings. The first-order chi connectivity index (χ1) is 8.18. The summed E-state index contributed by atoms with van der Waals surface area (Å²) in [5.41, 5.74) is -0.242. The van der Waals surface area contributed by atoms with Gasteiger partial charge >= 0.3 is 0 Å². The number of nitriles is 1. The molecule has 0 aromatic heterocycles. The van der Waals surface area contributed by atoms with E-state index >= 15 is 0 Å². The second-order valence-electron chi connectivity index (χ2n) is 5.80. The van der Waals surface area contributed by atoms with E-state index in [1.165, 1.54) is 19.3 Å². The van der Waals surface area contributed by atoms with E-state index in [9.17, 15) is 5.26 Å². The fourth-order valence-electron chi connectivity index (χ4n) is 3.08. The fraction of sp³-hybridized carbons (Fsp3) is 0.929. The van der Waals surface area contributed by atoms with Crippen LogP contribution in [0.15, 0.2) is 0 Å². The highest BCUT2D eigenvalue weighted by Gasteiger charge is 2.43. The van der Waals surface area contributed by atoms with Crippen LogP contribution in [0.2, 0.25) is 0 Å². The Bertz CT molecular complexity index is 291.